The Hall–Kier alpha value is -4.02. The van der Waals surface area contributed by atoms with E-state index in [-0.39, 0.29) is 53.9 Å². The number of hydrogen-bond donors (Lipinski definition) is 0. The van der Waals surface area contributed by atoms with E-state index in [1.807, 2.05) is 30.3 Å². The fourth-order valence-electron chi connectivity index (χ4n) is 4.51. The molecule has 4 aromatic carbocycles. The Labute approximate surface area is 261 Å². The standard InChI is InChI=1S/C31H22N2O6S.Na/c34-30(21-7-10-23(11-8-21)37-17-19-4-2-1-3-5-19)24(14-20-6-13-27-28(15-20)39-18-38-27)29(31(35)36)22-9-12-25-26(16-22)33-40-32-25;/h1-13,15-16H,14,17-18H2,(H,35,36);/q;+1/p-1. The number of ketones is 1. The number of rotatable bonds is 9. The average molecular weight is 573 g/mol. The van der Waals surface area contributed by atoms with Gasteiger partial charge in [0, 0.05) is 23.1 Å². The molecule has 0 fully saturated rings. The van der Waals surface area contributed by atoms with Gasteiger partial charge in [0.05, 0.1) is 17.7 Å². The van der Waals surface area contributed by atoms with Crippen LogP contribution < -0.4 is 48.9 Å². The molecule has 2 heterocycles. The number of carbonyl (C=O) groups excluding carboxylic acids is 2. The fraction of sp³-hybridized carbons (Fsp3) is 0.0968. The van der Waals surface area contributed by atoms with Crippen LogP contribution in [0.4, 0.5) is 0 Å². The number of ether oxygens (including phenoxy) is 3. The summed E-state index contributed by atoms with van der Waals surface area (Å²) in [5.74, 6) is -0.191. The van der Waals surface area contributed by atoms with Gasteiger partial charge in [-0.05, 0) is 65.2 Å². The third-order valence-corrected chi connectivity index (χ3v) is 7.06. The third kappa shape index (κ3) is 6.34. The molecule has 0 radical (unpaired) electrons. The summed E-state index contributed by atoms with van der Waals surface area (Å²) >= 11 is 1.03. The van der Waals surface area contributed by atoms with E-state index in [1.54, 1.807) is 60.7 Å². The van der Waals surface area contributed by atoms with E-state index >= 15 is 0 Å². The minimum absolute atomic E-state index is 0. The fourth-order valence-corrected chi connectivity index (χ4v) is 5.03. The third-order valence-electron chi connectivity index (χ3n) is 6.51. The Bertz CT molecular complexity index is 1750. The molecule has 0 bridgehead atoms. The van der Waals surface area contributed by atoms with Crippen molar-refractivity contribution in [2.75, 3.05) is 6.79 Å². The van der Waals surface area contributed by atoms with Crippen LogP contribution in [0.1, 0.15) is 27.0 Å². The minimum Gasteiger partial charge on any atom is -0.545 e. The summed E-state index contributed by atoms with van der Waals surface area (Å²) in [5, 5.41) is 12.6. The smallest absolute Gasteiger partial charge is 0.545 e. The summed E-state index contributed by atoms with van der Waals surface area (Å²) in [6.45, 7) is 0.483. The van der Waals surface area contributed by atoms with Gasteiger partial charge in [0.2, 0.25) is 6.79 Å². The predicted octanol–water partition coefficient (Wildman–Crippen LogP) is 1.63. The summed E-state index contributed by atoms with van der Waals surface area (Å²) in [7, 11) is 0. The molecule has 41 heavy (non-hydrogen) atoms. The van der Waals surface area contributed by atoms with Gasteiger partial charge < -0.3 is 24.1 Å². The van der Waals surface area contributed by atoms with Gasteiger partial charge >= 0.3 is 29.6 Å². The van der Waals surface area contributed by atoms with Crippen LogP contribution in [0.2, 0.25) is 0 Å². The molecule has 0 amide bonds. The quantitative estimate of drug-likeness (QED) is 0.149. The first-order valence-electron chi connectivity index (χ1n) is 12.4. The van der Waals surface area contributed by atoms with Gasteiger partial charge in [0.25, 0.3) is 0 Å². The Morgan fingerprint density at radius 3 is 2.32 bits per heavy atom. The maximum absolute atomic E-state index is 13.9. The Morgan fingerprint density at radius 1 is 0.805 bits per heavy atom. The van der Waals surface area contributed by atoms with Crippen LogP contribution in [0.15, 0.2) is 96.6 Å². The van der Waals surface area contributed by atoms with Gasteiger partial charge in [-0.3, -0.25) is 4.79 Å². The topological polar surface area (TPSA) is 111 Å². The van der Waals surface area contributed by atoms with Gasteiger partial charge in [-0.25, -0.2) is 0 Å². The number of nitrogens with zero attached hydrogens (tertiary/aromatic N) is 2. The van der Waals surface area contributed by atoms with Crippen molar-refractivity contribution in [1.29, 1.82) is 0 Å². The summed E-state index contributed by atoms with van der Waals surface area (Å²) < 4.78 is 25.1. The van der Waals surface area contributed by atoms with Gasteiger partial charge in [-0.15, -0.1) is 0 Å². The monoisotopic (exact) mass is 572 g/mol. The SMILES string of the molecule is O=C([O-])C(=C(Cc1ccc2c(c1)OCO2)C(=O)c1ccc(OCc2ccccc2)cc1)c1ccc2nsnc2c1.[Na+]. The maximum atomic E-state index is 13.9. The van der Waals surface area contributed by atoms with Crippen molar-refractivity contribution in [3.8, 4) is 17.2 Å². The number of carboxylic acid groups (broad SMARTS) is 1. The number of carboxylic acids is 1. The molecule has 0 saturated heterocycles. The van der Waals surface area contributed by atoms with E-state index in [4.69, 9.17) is 14.2 Å². The molecule has 198 valence electrons. The van der Waals surface area contributed by atoms with Gasteiger partial charge in [-0.1, -0.05) is 42.5 Å². The molecule has 0 N–H and O–H groups in total. The molecule has 0 spiro atoms. The second-order valence-electron chi connectivity index (χ2n) is 9.10. The molecule has 0 atom stereocenters. The van der Waals surface area contributed by atoms with E-state index in [2.05, 4.69) is 8.75 Å². The molecule has 0 saturated carbocycles. The molecular weight excluding hydrogens is 551 g/mol. The van der Waals surface area contributed by atoms with Crippen LogP contribution in [0.5, 0.6) is 17.2 Å². The number of hydrogen-bond acceptors (Lipinski definition) is 9. The van der Waals surface area contributed by atoms with Crippen molar-refractivity contribution >= 4 is 40.1 Å². The first-order chi connectivity index (χ1) is 19.5. The predicted molar refractivity (Wildman–Crippen MR) is 147 cm³/mol. The maximum Gasteiger partial charge on any atom is 1.00 e. The number of aliphatic carboxylic acids is 1. The van der Waals surface area contributed by atoms with Crippen LogP contribution in [-0.4, -0.2) is 27.3 Å². The Balaban J connectivity index is 0.00000337. The van der Waals surface area contributed by atoms with Crippen molar-refractivity contribution in [2.24, 2.45) is 0 Å². The van der Waals surface area contributed by atoms with E-state index in [9.17, 15) is 14.7 Å². The zero-order chi connectivity index (χ0) is 27.5. The summed E-state index contributed by atoms with van der Waals surface area (Å²) in [6.07, 6.45) is 0.0262. The summed E-state index contributed by atoms with van der Waals surface area (Å²) in [5.41, 5.74) is 3.37. The Kier molecular flexibility index (Phi) is 8.80. The zero-order valence-corrected chi connectivity index (χ0v) is 24.9. The molecule has 0 aliphatic carbocycles. The molecule has 8 nitrogen and oxygen atoms in total. The van der Waals surface area contributed by atoms with Crippen molar-refractivity contribution < 1.29 is 58.5 Å². The molecule has 10 heteroatoms. The second kappa shape index (κ2) is 12.7. The Morgan fingerprint density at radius 2 is 1.54 bits per heavy atom. The zero-order valence-electron chi connectivity index (χ0n) is 22.0. The van der Waals surface area contributed by atoms with Crippen molar-refractivity contribution in [3.05, 3.63) is 119 Å². The number of Topliss-reactive ketones (excluding diaryl/α,β-unsaturated/α-hetero) is 1. The molecule has 0 unspecified atom stereocenters. The molecule has 1 aliphatic rings. The number of carbonyl (C=O) groups is 2. The van der Waals surface area contributed by atoms with Crippen LogP contribution in [0, 0.1) is 0 Å². The van der Waals surface area contributed by atoms with Gasteiger partial charge in [0.1, 0.15) is 23.4 Å². The van der Waals surface area contributed by atoms with Crippen LogP contribution in [-0.2, 0) is 17.8 Å². The first kappa shape index (κ1) is 28.5. The van der Waals surface area contributed by atoms with Crippen LogP contribution >= 0.6 is 11.7 Å². The molecule has 5 aromatic rings. The van der Waals surface area contributed by atoms with Crippen molar-refractivity contribution in [1.82, 2.24) is 8.75 Å². The van der Waals surface area contributed by atoms with E-state index in [1.165, 1.54) is 0 Å². The van der Waals surface area contributed by atoms with E-state index in [0.717, 1.165) is 17.3 Å². The second-order valence-corrected chi connectivity index (χ2v) is 9.63. The molecule has 6 rings (SSSR count). The van der Waals surface area contributed by atoms with Gasteiger partial charge in [-0.2, -0.15) is 8.75 Å². The van der Waals surface area contributed by atoms with Crippen LogP contribution in [0.3, 0.4) is 0 Å². The number of benzene rings is 4. The van der Waals surface area contributed by atoms with Gasteiger partial charge in [0.15, 0.2) is 17.3 Å². The first-order valence-corrected chi connectivity index (χ1v) is 13.2. The van der Waals surface area contributed by atoms with E-state index < -0.39 is 11.8 Å². The largest absolute Gasteiger partial charge is 1.00 e. The summed E-state index contributed by atoms with van der Waals surface area (Å²) in [4.78, 5) is 26.5. The van der Waals surface area contributed by atoms with E-state index in [0.29, 0.717) is 51.6 Å². The number of allylic oxidation sites excluding steroid dienone is 1. The summed E-state index contributed by atoms with van der Waals surface area (Å²) in [6, 6.07) is 26.5. The normalized spacial score (nSPS) is 12.4. The van der Waals surface area contributed by atoms with Crippen molar-refractivity contribution in [2.45, 2.75) is 13.0 Å². The minimum atomic E-state index is -1.46. The van der Waals surface area contributed by atoms with Crippen LogP contribution in [0.25, 0.3) is 16.6 Å². The molecule has 1 aromatic heterocycles. The number of fused-ring (bicyclic) bond motifs is 2. The molecular formula is C31H21N2NaO6S. The van der Waals surface area contributed by atoms with Crippen molar-refractivity contribution in [3.63, 3.8) is 0 Å². The number of aromatic nitrogens is 2. The average Bonchev–Trinajstić information content (AvgIpc) is 3.65. The molecule has 1 aliphatic heterocycles.